The number of fused-ring (bicyclic) bond motifs is 1. The summed E-state index contributed by atoms with van der Waals surface area (Å²) in [4.78, 5) is 27.1. The summed E-state index contributed by atoms with van der Waals surface area (Å²) in [6.07, 6.45) is 0. The number of rotatable bonds is 5. The smallest absolute Gasteiger partial charge is 0.272 e. The molecule has 1 heterocycles. The molecule has 3 aromatic carbocycles. The highest BCUT2D eigenvalue weighted by atomic mass is 35.5. The zero-order valence-electron chi connectivity index (χ0n) is 17.3. The first-order valence-corrected chi connectivity index (χ1v) is 10.3. The van der Waals surface area contributed by atoms with Crippen LogP contribution in [0.3, 0.4) is 0 Å². The van der Waals surface area contributed by atoms with Crippen LogP contribution < -0.4 is 5.32 Å². The molecular weight excluding hydrogens is 410 g/mol. The maximum Gasteiger partial charge on any atom is 0.272 e. The number of hydrogen-bond acceptors (Lipinski definition) is 2. The predicted octanol–water partition coefficient (Wildman–Crippen LogP) is 5.30. The average molecular weight is 432 g/mol. The number of carbonyl (C=O) groups excluding carboxylic acids is 2. The van der Waals surface area contributed by atoms with Crippen LogP contribution in [0.1, 0.15) is 26.4 Å². The average Bonchev–Trinajstić information content (AvgIpc) is 3.14. The number of nitrogens with one attached hydrogen (secondary N) is 1. The number of halogens is 1. The Kier molecular flexibility index (Phi) is 5.78. The van der Waals surface area contributed by atoms with Gasteiger partial charge in [0, 0.05) is 37.2 Å². The third-order valence-electron chi connectivity index (χ3n) is 5.09. The van der Waals surface area contributed by atoms with Crippen LogP contribution in [-0.2, 0) is 6.54 Å². The normalized spacial score (nSPS) is 10.8. The van der Waals surface area contributed by atoms with Gasteiger partial charge in [0.25, 0.3) is 11.8 Å². The summed E-state index contributed by atoms with van der Waals surface area (Å²) < 4.78 is 2.00. The lowest BCUT2D eigenvalue weighted by Gasteiger charge is -2.14. The van der Waals surface area contributed by atoms with Crippen molar-refractivity contribution in [3.05, 3.63) is 101 Å². The van der Waals surface area contributed by atoms with Gasteiger partial charge in [0.15, 0.2) is 0 Å². The van der Waals surface area contributed by atoms with Gasteiger partial charge in [0.2, 0.25) is 0 Å². The van der Waals surface area contributed by atoms with Crippen molar-refractivity contribution in [2.75, 3.05) is 19.4 Å². The second kappa shape index (κ2) is 8.66. The molecule has 4 aromatic rings. The quantitative estimate of drug-likeness (QED) is 0.466. The highest BCUT2D eigenvalue weighted by molar-refractivity contribution is 6.34. The maximum atomic E-state index is 13.2. The minimum absolute atomic E-state index is 0.223. The second-order valence-corrected chi connectivity index (χ2v) is 7.92. The molecule has 0 radical (unpaired) electrons. The topological polar surface area (TPSA) is 54.3 Å². The van der Waals surface area contributed by atoms with E-state index in [9.17, 15) is 9.59 Å². The van der Waals surface area contributed by atoms with Crippen LogP contribution in [0.4, 0.5) is 5.69 Å². The molecule has 0 saturated heterocycles. The molecule has 5 nitrogen and oxygen atoms in total. The fourth-order valence-electron chi connectivity index (χ4n) is 3.54. The number of para-hydroxylation sites is 1. The Bertz CT molecular complexity index is 1260. The summed E-state index contributed by atoms with van der Waals surface area (Å²) in [7, 11) is 3.32. The molecule has 4 rings (SSSR count). The van der Waals surface area contributed by atoms with Crippen LogP contribution in [0.15, 0.2) is 78.9 Å². The molecule has 0 aliphatic heterocycles. The minimum Gasteiger partial charge on any atom is -0.345 e. The molecule has 6 heteroatoms. The van der Waals surface area contributed by atoms with E-state index in [-0.39, 0.29) is 11.8 Å². The molecule has 0 bridgehead atoms. The molecule has 0 saturated carbocycles. The predicted molar refractivity (Wildman–Crippen MR) is 125 cm³/mol. The second-order valence-electron chi connectivity index (χ2n) is 7.51. The van der Waals surface area contributed by atoms with E-state index in [0.717, 1.165) is 16.5 Å². The SMILES string of the molecule is CN(C)C(=O)c1cc(NC(=O)c2cc3ccccc3n2Cc2ccccc2)ccc1Cl. The van der Waals surface area contributed by atoms with Crippen LogP contribution >= 0.6 is 11.6 Å². The number of benzene rings is 3. The monoisotopic (exact) mass is 431 g/mol. The lowest BCUT2D eigenvalue weighted by molar-refractivity contribution is 0.0827. The molecule has 1 aromatic heterocycles. The van der Waals surface area contributed by atoms with Crippen molar-refractivity contribution in [3.8, 4) is 0 Å². The fraction of sp³-hybridized carbons (Fsp3) is 0.120. The summed E-state index contributed by atoms with van der Waals surface area (Å²) in [5.41, 5.74) is 3.48. The number of hydrogen-bond donors (Lipinski definition) is 1. The van der Waals surface area contributed by atoms with E-state index < -0.39 is 0 Å². The van der Waals surface area contributed by atoms with Crippen molar-refractivity contribution in [2.24, 2.45) is 0 Å². The summed E-state index contributed by atoms with van der Waals surface area (Å²) in [5.74, 6) is -0.475. The van der Waals surface area contributed by atoms with Crippen LogP contribution in [0, 0.1) is 0 Å². The molecule has 1 N–H and O–H groups in total. The minimum atomic E-state index is -0.252. The fourth-order valence-corrected chi connectivity index (χ4v) is 3.74. The lowest BCUT2D eigenvalue weighted by atomic mass is 10.1. The van der Waals surface area contributed by atoms with E-state index in [2.05, 4.69) is 5.32 Å². The van der Waals surface area contributed by atoms with Crippen molar-refractivity contribution in [1.29, 1.82) is 0 Å². The van der Waals surface area contributed by atoms with Gasteiger partial charge in [-0.05, 0) is 35.9 Å². The van der Waals surface area contributed by atoms with Crippen LogP contribution in [0.5, 0.6) is 0 Å². The first kappa shape index (κ1) is 20.7. The van der Waals surface area contributed by atoms with Crippen molar-refractivity contribution >= 4 is 40.0 Å². The Morgan fingerprint density at radius 3 is 2.39 bits per heavy atom. The van der Waals surface area contributed by atoms with E-state index in [0.29, 0.717) is 28.5 Å². The van der Waals surface area contributed by atoms with Crippen molar-refractivity contribution < 1.29 is 9.59 Å². The number of nitrogens with zero attached hydrogens (tertiary/aromatic N) is 2. The molecule has 2 amide bonds. The Hall–Kier alpha value is -3.57. The van der Waals surface area contributed by atoms with Gasteiger partial charge in [-0.15, -0.1) is 0 Å². The van der Waals surface area contributed by atoms with Crippen LogP contribution in [-0.4, -0.2) is 35.4 Å². The van der Waals surface area contributed by atoms with Crippen molar-refractivity contribution in [2.45, 2.75) is 6.54 Å². The Balaban J connectivity index is 1.69. The molecule has 0 spiro atoms. The molecule has 0 fully saturated rings. The zero-order valence-corrected chi connectivity index (χ0v) is 18.1. The summed E-state index contributed by atoms with van der Waals surface area (Å²) in [6.45, 7) is 0.572. The van der Waals surface area contributed by atoms with Crippen LogP contribution in [0.25, 0.3) is 10.9 Å². The first-order chi connectivity index (χ1) is 14.9. The number of amides is 2. The molecule has 0 atom stereocenters. The van der Waals surface area contributed by atoms with Gasteiger partial charge >= 0.3 is 0 Å². The van der Waals surface area contributed by atoms with E-state index in [4.69, 9.17) is 11.6 Å². The van der Waals surface area contributed by atoms with Gasteiger partial charge in [-0.25, -0.2) is 0 Å². The Morgan fingerprint density at radius 1 is 0.935 bits per heavy atom. The maximum absolute atomic E-state index is 13.2. The number of aromatic nitrogens is 1. The third-order valence-corrected chi connectivity index (χ3v) is 5.42. The van der Waals surface area contributed by atoms with Crippen molar-refractivity contribution in [1.82, 2.24) is 9.47 Å². The summed E-state index contributed by atoms with van der Waals surface area (Å²) in [6, 6.07) is 24.7. The zero-order chi connectivity index (χ0) is 22.0. The molecular formula is C25H22ClN3O2. The van der Waals surface area contributed by atoms with Gasteiger partial charge < -0.3 is 14.8 Å². The summed E-state index contributed by atoms with van der Waals surface area (Å²) in [5, 5.41) is 4.25. The Labute approximate surface area is 185 Å². The molecule has 0 aliphatic rings. The summed E-state index contributed by atoms with van der Waals surface area (Å²) >= 11 is 6.19. The number of carbonyl (C=O) groups is 2. The standard InChI is InChI=1S/C25H22ClN3O2/c1-28(2)25(31)20-15-19(12-13-21(20)26)27-24(30)23-14-18-10-6-7-11-22(18)29(23)16-17-8-4-3-5-9-17/h3-15H,16H2,1-2H3,(H,27,30). The van der Waals surface area contributed by atoms with Gasteiger partial charge in [-0.1, -0.05) is 60.1 Å². The van der Waals surface area contributed by atoms with Crippen LogP contribution in [0.2, 0.25) is 5.02 Å². The number of anilines is 1. The van der Waals surface area contributed by atoms with E-state index in [1.54, 1.807) is 32.3 Å². The Morgan fingerprint density at radius 2 is 1.65 bits per heavy atom. The highest BCUT2D eigenvalue weighted by Gasteiger charge is 2.18. The van der Waals surface area contributed by atoms with E-state index in [1.165, 1.54) is 4.90 Å². The molecule has 0 aliphatic carbocycles. The lowest BCUT2D eigenvalue weighted by Crippen LogP contribution is -2.22. The molecule has 156 valence electrons. The first-order valence-electron chi connectivity index (χ1n) is 9.89. The highest BCUT2D eigenvalue weighted by Crippen LogP contribution is 2.25. The van der Waals surface area contributed by atoms with E-state index >= 15 is 0 Å². The van der Waals surface area contributed by atoms with Crippen molar-refractivity contribution in [3.63, 3.8) is 0 Å². The molecule has 31 heavy (non-hydrogen) atoms. The van der Waals surface area contributed by atoms with E-state index in [1.807, 2.05) is 65.2 Å². The largest absolute Gasteiger partial charge is 0.345 e. The van der Waals surface area contributed by atoms with Gasteiger partial charge in [0.05, 0.1) is 10.6 Å². The molecule has 0 unspecified atom stereocenters. The van der Waals surface area contributed by atoms with Gasteiger partial charge in [-0.2, -0.15) is 0 Å². The van der Waals surface area contributed by atoms with Gasteiger partial charge in [0.1, 0.15) is 5.69 Å². The van der Waals surface area contributed by atoms with Gasteiger partial charge in [-0.3, -0.25) is 9.59 Å². The third kappa shape index (κ3) is 4.32.